The molecule has 3 nitrogen and oxygen atoms in total. The Balaban J connectivity index is 2.21. The monoisotopic (exact) mass is 175 g/mol. The molecule has 2 saturated heterocycles. The Hall–Kier alpha value is -0.120. The van der Waals surface area contributed by atoms with Crippen LogP contribution in [0.2, 0.25) is 0 Å². The molecular weight excluding hydrogens is 166 g/mol. The number of alkyl halides is 1. The minimum atomic E-state index is -0.0718. The molecule has 0 aliphatic carbocycles. The number of carbonyl (C=O) groups is 1. The molecule has 0 unspecified atom stereocenters. The molecule has 0 amide bonds. The van der Waals surface area contributed by atoms with Crippen molar-refractivity contribution in [2.75, 3.05) is 20.2 Å². The van der Waals surface area contributed by atoms with Crippen molar-refractivity contribution >= 4 is 17.4 Å². The van der Waals surface area contributed by atoms with Crippen LogP contribution < -0.4 is 0 Å². The lowest BCUT2D eigenvalue weighted by Crippen LogP contribution is -2.34. The highest BCUT2D eigenvalue weighted by Crippen LogP contribution is 2.28. The van der Waals surface area contributed by atoms with E-state index in [1.54, 1.807) is 0 Å². The van der Waals surface area contributed by atoms with Gasteiger partial charge in [-0.3, -0.25) is 9.69 Å². The fourth-order valence-corrected chi connectivity index (χ4v) is 2.26. The molecule has 0 aromatic heterocycles. The fraction of sp³-hybridized carbons (Fsp3) is 0.857. The Kier molecular flexibility index (Phi) is 1.67. The number of likely N-dealkylation sites (N-methyl/N-ethyl adjacent to an activating group) is 1. The van der Waals surface area contributed by atoms with Gasteiger partial charge >= 0.3 is 0 Å². The van der Waals surface area contributed by atoms with E-state index < -0.39 is 0 Å². The molecule has 2 fully saturated rings. The molecule has 62 valence electrons. The maximum Gasteiger partial charge on any atom is 0.178 e. The molecule has 0 spiro atoms. The molecule has 11 heavy (non-hydrogen) atoms. The highest BCUT2D eigenvalue weighted by molar-refractivity contribution is 6.22. The summed E-state index contributed by atoms with van der Waals surface area (Å²) in [4.78, 5) is 13.2. The summed E-state index contributed by atoms with van der Waals surface area (Å²) < 4.78 is 5.25. The number of ketones is 1. The van der Waals surface area contributed by atoms with Crippen LogP contribution in [0.5, 0.6) is 0 Å². The lowest BCUT2D eigenvalue weighted by molar-refractivity contribution is -0.120. The molecule has 2 aliphatic heterocycles. The van der Waals surface area contributed by atoms with Crippen LogP contribution in [0.3, 0.4) is 0 Å². The summed E-state index contributed by atoms with van der Waals surface area (Å²) in [6.07, 6.45) is -0.0610. The lowest BCUT2D eigenvalue weighted by atomic mass is 10.1. The smallest absolute Gasteiger partial charge is 0.178 e. The normalized spacial score (nSPS) is 44.9. The van der Waals surface area contributed by atoms with Gasteiger partial charge in [-0.25, -0.2) is 0 Å². The summed E-state index contributed by atoms with van der Waals surface area (Å²) in [6, 6.07) is -0.0718. The van der Waals surface area contributed by atoms with Gasteiger partial charge in [0.25, 0.3) is 0 Å². The van der Waals surface area contributed by atoms with Crippen molar-refractivity contribution in [1.82, 2.24) is 4.90 Å². The van der Waals surface area contributed by atoms with Crippen molar-refractivity contribution in [3.8, 4) is 0 Å². The first-order valence-corrected chi connectivity index (χ1v) is 4.12. The number of hydrogen-bond donors (Lipinski definition) is 0. The van der Waals surface area contributed by atoms with E-state index in [0.29, 0.717) is 0 Å². The average molecular weight is 176 g/mol. The van der Waals surface area contributed by atoms with E-state index >= 15 is 0 Å². The number of likely N-dealkylation sites (tertiary alicyclic amines) is 1. The van der Waals surface area contributed by atoms with Crippen molar-refractivity contribution < 1.29 is 9.53 Å². The van der Waals surface area contributed by atoms with E-state index in [1.165, 1.54) is 0 Å². The molecule has 0 radical (unpaired) electrons. The van der Waals surface area contributed by atoms with Gasteiger partial charge in [-0.15, -0.1) is 11.6 Å². The quantitative estimate of drug-likeness (QED) is 0.481. The molecule has 2 rings (SSSR count). The zero-order chi connectivity index (χ0) is 8.01. The summed E-state index contributed by atoms with van der Waals surface area (Å²) in [5.74, 6) is 0.167. The van der Waals surface area contributed by atoms with Gasteiger partial charge in [-0.2, -0.15) is 0 Å². The van der Waals surface area contributed by atoms with Crippen LogP contribution in [0, 0.1) is 0 Å². The van der Waals surface area contributed by atoms with Crippen LogP contribution in [-0.4, -0.2) is 48.4 Å². The summed E-state index contributed by atoms with van der Waals surface area (Å²) in [6.45, 7) is 0.992. The third kappa shape index (κ3) is 0.991. The molecule has 0 aromatic rings. The van der Waals surface area contributed by atoms with E-state index in [0.717, 1.165) is 6.54 Å². The maximum atomic E-state index is 11.2. The number of fused-ring (bicyclic) bond motifs is 1. The molecular formula is C7H10ClNO2. The second-order valence-corrected chi connectivity index (χ2v) is 3.70. The first kappa shape index (κ1) is 7.53. The van der Waals surface area contributed by atoms with E-state index in [9.17, 15) is 4.79 Å². The number of Topliss-reactive ketones (excluding diaryl/α,β-unsaturated/α-hetero) is 1. The van der Waals surface area contributed by atoms with Gasteiger partial charge in [0.1, 0.15) is 6.61 Å². The summed E-state index contributed by atoms with van der Waals surface area (Å²) in [5, 5.41) is -0.0172. The highest BCUT2D eigenvalue weighted by atomic mass is 35.5. The Labute approximate surface area is 70.3 Å². The van der Waals surface area contributed by atoms with E-state index in [2.05, 4.69) is 0 Å². The number of carbonyl (C=O) groups excluding carboxylic acids is 1. The Bertz CT molecular complexity index is 197. The molecule has 2 heterocycles. The van der Waals surface area contributed by atoms with Gasteiger partial charge in [0.2, 0.25) is 0 Å². The molecule has 4 heteroatoms. The largest absolute Gasteiger partial charge is 0.367 e. The first-order valence-electron chi connectivity index (χ1n) is 3.69. The van der Waals surface area contributed by atoms with Crippen molar-refractivity contribution in [3.05, 3.63) is 0 Å². The topological polar surface area (TPSA) is 29.5 Å². The van der Waals surface area contributed by atoms with E-state index in [-0.39, 0.29) is 29.9 Å². The van der Waals surface area contributed by atoms with Crippen LogP contribution >= 0.6 is 11.6 Å². The van der Waals surface area contributed by atoms with Gasteiger partial charge < -0.3 is 4.74 Å². The maximum absolute atomic E-state index is 11.2. The predicted octanol–water partition coefficient (Wildman–Crippen LogP) is -0.124. The minimum Gasteiger partial charge on any atom is -0.367 e. The Morgan fingerprint density at radius 2 is 2.45 bits per heavy atom. The number of ether oxygens (including phenoxy) is 1. The standard InChI is InChI=1S/C7H10ClNO2/c1-9-2-4(8)7-6(9)5(10)3-11-7/h4,6-7H,2-3H2,1H3/t4-,6-,7-/m1/s1. The van der Waals surface area contributed by atoms with Crippen LogP contribution in [0.1, 0.15) is 0 Å². The summed E-state index contributed by atoms with van der Waals surface area (Å²) >= 11 is 5.95. The average Bonchev–Trinajstić information content (AvgIpc) is 2.41. The molecule has 3 atom stereocenters. The Morgan fingerprint density at radius 1 is 1.73 bits per heavy atom. The lowest BCUT2D eigenvalue weighted by Gasteiger charge is -2.13. The number of nitrogens with zero attached hydrogens (tertiary/aromatic N) is 1. The molecule has 0 N–H and O–H groups in total. The molecule has 0 saturated carbocycles. The Morgan fingerprint density at radius 3 is 3.09 bits per heavy atom. The third-order valence-corrected chi connectivity index (χ3v) is 2.74. The predicted molar refractivity (Wildman–Crippen MR) is 40.8 cm³/mol. The zero-order valence-corrected chi connectivity index (χ0v) is 7.04. The molecule has 0 bridgehead atoms. The van der Waals surface area contributed by atoms with Crippen LogP contribution in [0.15, 0.2) is 0 Å². The van der Waals surface area contributed by atoms with Crippen LogP contribution in [0.25, 0.3) is 0 Å². The first-order chi connectivity index (χ1) is 5.20. The second kappa shape index (κ2) is 2.44. The van der Waals surface area contributed by atoms with Gasteiger partial charge in [0.05, 0.1) is 17.5 Å². The summed E-state index contributed by atoms with van der Waals surface area (Å²) in [7, 11) is 1.91. The number of hydrogen-bond acceptors (Lipinski definition) is 3. The third-order valence-electron chi connectivity index (χ3n) is 2.35. The minimum absolute atomic E-state index is 0.0172. The second-order valence-electron chi connectivity index (χ2n) is 3.14. The number of halogens is 1. The zero-order valence-electron chi connectivity index (χ0n) is 6.29. The SMILES string of the molecule is CN1C[C@@H](Cl)[C@H]2OCC(=O)[C@H]21. The van der Waals surface area contributed by atoms with Crippen molar-refractivity contribution in [2.24, 2.45) is 0 Å². The summed E-state index contributed by atoms with van der Waals surface area (Å²) in [5.41, 5.74) is 0. The van der Waals surface area contributed by atoms with Gasteiger partial charge in [0.15, 0.2) is 5.78 Å². The van der Waals surface area contributed by atoms with Gasteiger partial charge in [-0.1, -0.05) is 0 Å². The number of rotatable bonds is 0. The van der Waals surface area contributed by atoms with Crippen molar-refractivity contribution in [1.29, 1.82) is 0 Å². The molecule has 2 aliphatic rings. The van der Waals surface area contributed by atoms with Gasteiger partial charge in [0, 0.05) is 6.54 Å². The van der Waals surface area contributed by atoms with E-state index in [4.69, 9.17) is 16.3 Å². The molecule has 0 aromatic carbocycles. The van der Waals surface area contributed by atoms with E-state index in [1.807, 2.05) is 11.9 Å². The van der Waals surface area contributed by atoms with Crippen LogP contribution in [-0.2, 0) is 9.53 Å². The van der Waals surface area contributed by atoms with Crippen molar-refractivity contribution in [2.45, 2.75) is 17.5 Å². The van der Waals surface area contributed by atoms with Gasteiger partial charge in [-0.05, 0) is 7.05 Å². The highest BCUT2D eigenvalue weighted by Gasteiger charge is 2.48. The van der Waals surface area contributed by atoms with Crippen LogP contribution in [0.4, 0.5) is 0 Å². The van der Waals surface area contributed by atoms with Crippen molar-refractivity contribution in [3.63, 3.8) is 0 Å². The fourth-order valence-electron chi connectivity index (χ4n) is 1.83.